The molecular formula is C29H35N9O3. The van der Waals surface area contributed by atoms with E-state index in [-0.39, 0.29) is 18.0 Å². The smallest absolute Gasteiger partial charge is 0.251 e. The third-order valence-electron chi connectivity index (χ3n) is 7.84. The van der Waals surface area contributed by atoms with Crippen LogP contribution in [0.5, 0.6) is 5.75 Å². The molecule has 12 heteroatoms. The van der Waals surface area contributed by atoms with Gasteiger partial charge in [-0.1, -0.05) is 6.92 Å². The summed E-state index contributed by atoms with van der Waals surface area (Å²) in [5.41, 5.74) is 2.01. The summed E-state index contributed by atoms with van der Waals surface area (Å²) in [6, 6.07) is 9.32. The molecule has 0 spiro atoms. The van der Waals surface area contributed by atoms with E-state index in [1.54, 1.807) is 31.7 Å². The first-order chi connectivity index (χ1) is 19.9. The molecule has 2 N–H and O–H groups in total. The molecule has 0 aliphatic carbocycles. The maximum atomic E-state index is 13.0. The zero-order chi connectivity index (χ0) is 28.5. The monoisotopic (exact) mass is 557 g/mol. The number of furan rings is 1. The van der Waals surface area contributed by atoms with Gasteiger partial charge in [0.15, 0.2) is 11.6 Å². The zero-order valence-electron chi connectivity index (χ0n) is 23.8. The van der Waals surface area contributed by atoms with Crippen molar-refractivity contribution in [2.75, 3.05) is 37.5 Å². The highest BCUT2D eigenvalue weighted by molar-refractivity contribution is 5.95. The maximum absolute atomic E-state index is 13.0. The number of rotatable bonds is 8. The predicted molar refractivity (Wildman–Crippen MR) is 154 cm³/mol. The number of benzene rings is 1. The Morgan fingerprint density at radius 1 is 1.20 bits per heavy atom. The van der Waals surface area contributed by atoms with Gasteiger partial charge in [-0.2, -0.15) is 4.98 Å². The van der Waals surface area contributed by atoms with Crippen LogP contribution in [-0.2, 0) is 6.54 Å². The molecule has 0 saturated carbocycles. The van der Waals surface area contributed by atoms with Crippen molar-refractivity contribution in [1.82, 2.24) is 34.9 Å². The van der Waals surface area contributed by atoms with E-state index in [2.05, 4.69) is 49.6 Å². The zero-order valence-corrected chi connectivity index (χ0v) is 23.8. The van der Waals surface area contributed by atoms with Gasteiger partial charge < -0.3 is 29.6 Å². The molecule has 0 bridgehead atoms. The van der Waals surface area contributed by atoms with Gasteiger partial charge in [-0.25, -0.2) is 4.98 Å². The Morgan fingerprint density at radius 3 is 2.76 bits per heavy atom. The lowest BCUT2D eigenvalue weighted by molar-refractivity contribution is 0.0916. The van der Waals surface area contributed by atoms with E-state index < -0.39 is 0 Å². The number of hydrogen-bond donors (Lipinski definition) is 2. The summed E-state index contributed by atoms with van der Waals surface area (Å²) in [5, 5.41) is 15.3. The number of amides is 1. The molecule has 1 atom stereocenters. The average Bonchev–Trinajstić information content (AvgIpc) is 3.64. The van der Waals surface area contributed by atoms with Crippen LogP contribution < -0.4 is 20.3 Å². The number of nitrogens with one attached hydrogen (secondary N) is 2. The summed E-state index contributed by atoms with van der Waals surface area (Å²) in [4.78, 5) is 27.0. The van der Waals surface area contributed by atoms with Crippen molar-refractivity contribution in [3.8, 4) is 11.4 Å². The number of ether oxygens (including phenoxy) is 1. The van der Waals surface area contributed by atoms with Crippen molar-refractivity contribution in [2.45, 2.75) is 51.7 Å². The minimum Gasteiger partial charge on any atom is -0.495 e. The molecule has 1 fully saturated rings. The number of aromatic nitrogens is 5. The summed E-state index contributed by atoms with van der Waals surface area (Å²) in [6.45, 7) is 6.53. The van der Waals surface area contributed by atoms with E-state index in [0.29, 0.717) is 29.5 Å². The van der Waals surface area contributed by atoms with Gasteiger partial charge in [0.2, 0.25) is 5.95 Å². The summed E-state index contributed by atoms with van der Waals surface area (Å²) in [6.07, 6.45) is 6.15. The number of fused-ring (bicyclic) bond motifs is 3. The minimum absolute atomic E-state index is 0.0477. The van der Waals surface area contributed by atoms with Gasteiger partial charge in [0.25, 0.3) is 5.91 Å². The number of piperidine rings is 1. The van der Waals surface area contributed by atoms with E-state index in [9.17, 15) is 4.79 Å². The van der Waals surface area contributed by atoms with Crippen molar-refractivity contribution in [2.24, 2.45) is 0 Å². The quantitative estimate of drug-likeness (QED) is 0.328. The van der Waals surface area contributed by atoms with Crippen LogP contribution in [0.15, 0.2) is 47.2 Å². The van der Waals surface area contributed by atoms with Crippen LogP contribution in [0.4, 0.5) is 17.5 Å². The molecule has 0 unspecified atom stereocenters. The van der Waals surface area contributed by atoms with Crippen LogP contribution in [0.3, 0.4) is 0 Å². The number of likely N-dealkylation sites (tertiary alicyclic amines) is 1. The van der Waals surface area contributed by atoms with Crippen molar-refractivity contribution in [3.05, 3.63) is 65.8 Å². The molecule has 5 heterocycles. The van der Waals surface area contributed by atoms with Gasteiger partial charge in [0.1, 0.15) is 23.0 Å². The Morgan fingerprint density at radius 2 is 2.02 bits per heavy atom. The Bertz CT molecular complexity index is 1530. The molecule has 41 heavy (non-hydrogen) atoms. The van der Waals surface area contributed by atoms with Gasteiger partial charge in [-0.3, -0.25) is 9.36 Å². The van der Waals surface area contributed by atoms with Gasteiger partial charge in [0, 0.05) is 11.6 Å². The topological polar surface area (TPSA) is 126 Å². The molecule has 1 aromatic carbocycles. The number of hydrogen-bond acceptors (Lipinski definition) is 10. The second-order valence-electron chi connectivity index (χ2n) is 10.6. The van der Waals surface area contributed by atoms with Gasteiger partial charge in [0.05, 0.1) is 37.8 Å². The molecule has 214 valence electrons. The van der Waals surface area contributed by atoms with Crippen LogP contribution in [0.2, 0.25) is 0 Å². The van der Waals surface area contributed by atoms with Crippen molar-refractivity contribution in [3.63, 3.8) is 0 Å². The third-order valence-corrected chi connectivity index (χ3v) is 7.84. The Hall–Kier alpha value is -4.45. The van der Waals surface area contributed by atoms with E-state index in [0.717, 1.165) is 61.3 Å². The normalized spacial score (nSPS) is 17.2. The molecular weight excluding hydrogens is 522 g/mol. The number of aryl methyl sites for hydroxylation is 1. The summed E-state index contributed by atoms with van der Waals surface area (Å²) >= 11 is 0. The molecule has 4 aromatic rings. The molecule has 6 rings (SSSR count). The van der Waals surface area contributed by atoms with Crippen molar-refractivity contribution >= 4 is 23.4 Å². The van der Waals surface area contributed by atoms with Crippen LogP contribution in [0, 0.1) is 6.92 Å². The number of nitrogens with zero attached hydrogens (tertiary/aromatic N) is 7. The molecule has 0 radical (unpaired) electrons. The lowest BCUT2D eigenvalue weighted by atomic mass is 10.0. The van der Waals surface area contributed by atoms with E-state index in [4.69, 9.17) is 14.1 Å². The summed E-state index contributed by atoms with van der Waals surface area (Å²) in [7, 11) is 3.69. The Labute approximate surface area is 238 Å². The fourth-order valence-electron chi connectivity index (χ4n) is 5.61. The first kappa shape index (κ1) is 26.8. The van der Waals surface area contributed by atoms with Crippen LogP contribution >= 0.6 is 0 Å². The fraction of sp³-hybridized carbons (Fsp3) is 0.414. The lowest BCUT2D eigenvalue weighted by Gasteiger charge is -2.36. The van der Waals surface area contributed by atoms with Gasteiger partial charge in [-0.05, 0) is 76.7 Å². The highest BCUT2D eigenvalue weighted by atomic mass is 16.5. The molecule has 1 saturated heterocycles. The highest BCUT2D eigenvalue weighted by Crippen LogP contribution is 2.40. The van der Waals surface area contributed by atoms with Gasteiger partial charge in [-0.15, -0.1) is 10.2 Å². The SMILES string of the molecule is CC[C@@H]1c2nnc(C)n2-c2cnc(Nc3ccc(C(=O)NC4CCN(C)CC4)cc3OC)nc2N1Cc1ccco1. The molecule has 3 aromatic heterocycles. The second kappa shape index (κ2) is 11.2. The Kier molecular flexibility index (Phi) is 7.31. The molecule has 2 aliphatic rings. The summed E-state index contributed by atoms with van der Waals surface area (Å²) < 4.78 is 13.4. The van der Waals surface area contributed by atoms with Crippen LogP contribution in [-0.4, -0.2) is 68.8 Å². The highest BCUT2D eigenvalue weighted by Gasteiger charge is 2.35. The van der Waals surface area contributed by atoms with Crippen LogP contribution in [0.25, 0.3) is 5.69 Å². The van der Waals surface area contributed by atoms with E-state index in [1.165, 1.54) is 0 Å². The summed E-state index contributed by atoms with van der Waals surface area (Å²) in [5.74, 6) is 4.02. The average molecular weight is 558 g/mol. The van der Waals surface area contributed by atoms with Gasteiger partial charge >= 0.3 is 0 Å². The number of carbonyl (C=O) groups excluding carboxylic acids is 1. The second-order valence-corrected chi connectivity index (χ2v) is 10.6. The van der Waals surface area contributed by atoms with E-state index >= 15 is 0 Å². The van der Waals surface area contributed by atoms with Crippen molar-refractivity contribution in [1.29, 1.82) is 0 Å². The molecule has 2 aliphatic heterocycles. The molecule has 12 nitrogen and oxygen atoms in total. The van der Waals surface area contributed by atoms with E-state index in [1.807, 2.05) is 29.7 Å². The maximum Gasteiger partial charge on any atom is 0.251 e. The minimum atomic E-state index is -0.103. The Balaban J connectivity index is 1.28. The van der Waals surface area contributed by atoms with Crippen LogP contribution in [0.1, 0.15) is 60.0 Å². The lowest BCUT2D eigenvalue weighted by Crippen LogP contribution is -2.43. The fourth-order valence-corrected chi connectivity index (χ4v) is 5.61. The largest absolute Gasteiger partial charge is 0.495 e. The first-order valence-electron chi connectivity index (χ1n) is 14.0. The number of methoxy groups -OCH3 is 1. The first-order valence-corrected chi connectivity index (χ1v) is 14.0. The standard InChI is InChI=1S/C29H35N9O3/c1-5-23-27-35-34-18(2)38(27)24-16-30-29(33-26(24)37(23)17-21-7-6-14-41-21)32-22-9-8-19(15-25(22)40-4)28(39)31-20-10-12-36(3)13-11-20/h6-9,14-16,20,23H,5,10-13,17H2,1-4H3,(H,31,39)(H,30,32,33)/t23-/m1/s1. The predicted octanol–water partition coefficient (Wildman–Crippen LogP) is 4.01. The van der Waals surface area contributed by atoms with Crippen molar-refractivity contribution < 1.29 is 13.9 Å². The third kappa shape index (κ3) is 5.22. The number of carbonyl (C=O) groups is 1. The molecule has 1 amide bonds. The number of anilines is 3.